The molecule has 2 aromatic carbocycles. The maximum absolute atomic E-state index is 12.0. The molecule has 5 rings (SSSR count). The Kier molecular flexibility index (Phi) is 2.76. The maximum atomic E-state index is 12.0. The molecule has 4 nitrogen and oxygen atoms in total. The van der Waals surface area contributed by atoms with Crippen LogP contribution in [0.1, 0.15) is 11.1 Å². The van der Waals surface area contributed by atoms with Crippen molar-refractivity contribution in [3.05, 3.63) is 64.5 Å². The van der Waals surface area contributed by atoms with Gasteiger partial charge in [0.15, 0.2) is 0 Å². The number of rotatable bonds is 2. The Bertz CT molecular complexity index is 1180. The highest BCUT2D eigenvalue weighted by Crippen LogP contribution is 2.46. The summed E-state index contributed by atoms with van der Waals surface area (Å²) in [5.41, 5.74) is 4.42. The molecule has 0 atom stereocenters. The van der Waals surface area contributed by atoms with Crippen LogP contribution in [0.3, 0.4) is 0 Å². The van der Waals surface area contributed by atoms with Crippen LogP contribution in [0.2, 0.25) is 0 Å². The number of nitrogens with zero attached hydrogens (tertiary/aromatic N) is 3. The second kappa shape index (κ2) is 4.88. The molecule has 0 N–H and O–H groups in total. The Balaban J connectivity index is 1.83. The molecule has 0 unspecified atom stereocenters. The highest BCUT2D eigenvalue weighted by atomic mass is 32.1. The van der Waals surface area contributed by atoms with Crippen molar-refractivity contribution >= 4 is 50.0 Å². The van der Waals surface area contributed by atoms with Gasteiger partial charge in [0.25, 0.3) is 5.91 Å². The Morgan fingerprint density at radius 1 is 1.12 bits per heavy atom. The monoisotopic (exact) mass is 341 g/mol. The topological polar surface area (TPSA) is 56.5 Å². The molecule has 0 spiro atoms. The maximum Gasteiger partial charge on any atom is 0.288 e. The molecule has 1 aromatic heterocycles. The average molecular weight is 341 g/mol. The first kappa shape index (κ1) is 14.1. The predicted molar refractivity (Wildman–Crippen MR) is 100 cm³/mol. The molecule has 118 valence electrons. The Labute approximate surface area is 148 Å². The normalized spacial score (nSPS) is 14.7. The fraction of sp³-hybridized carbons (Fsp3) is 0.0500. The zero-order chi connectivity index (χ0) is 17.1. The lowest BCUT2D eigenvalue weighted by Crippen LogP contribution is -2.08. The summed E-state index contributed by atoms with van der Waals surface area (Å²) in [6.45, 7) is 0. The second-order valence-corrected chi connectivity index (χ2v) is 6.92. The molecule has 25 heavy (non-hydrogen) atoms. The third-order valence-corrected chi connectivity index (χ3v) is 5.71. The van der Waals surface area contributed by atoms with Gasteiger partial charge in [0.1, 0.15) is 11.6 Å². The number of hydrogen-bond acceptors (Lipinski definition) is 4. The number of hydrogen-bond donors (Lipinski definition) is 0. The molecule has 2 aliphatic rings. The molecule has 1 aliphatic carbocycles. The van der Waals surface area contributed by atoms with E-state index in [-0.39, 0.29) is 5.57 Å². The van der Waals surface area contributed by atoms with Crippen molar-refractivity contribution in [2.24, 2.45) is 4.99 Å². The Hall–Kier alpha value is -3.23. The average Bonchev–Trinajstić information content (AvgIpc) is 3.32. The zero-order valence-electron chi connectivity index (χ0n) is 13.3. The van der Waals surface area contributed by atoms with Gasteiger partial charge in [-0.05, 0) is 29.1 Å². The fourth-order valence-corrected chi connectivity index (χ4v) is 4.38. The molecule has 3 aromatic rings. The number of aliphatic imine (C=N–C) groups is 1. The fourth-order valence-electron chi connectivity index (χ4n) is 3.67. The van der Waals surface area contributed by atoms with Gasteiger partial charge in [-0.15, -0.1) is 11.3 Å². The van der Waals surface area contributed by atoms with E-state index in [4.69, 9.17) is 0 Å². The van der Waals surface area contributed by atoms with E-state index in [0.717, 1.165) is 32.6 Å². The number of fused-ring (bicyclic) bond motifs is 3. The van der Waals surface area contributed by atoms with Crippen LogP contribution in [0.15, 0.2) is 58.4 Å². The lowest BCUT2D eigenvalue weighted by atomic mass is 10.0. The van der Waals surface area contributed by atoms with Crippen molar-refractivity contribution in [1.82, 2.24) is 0 Å². The third-order valence-electron chi connectivity index (χ3n) is 4.77. The smallest absolute Gasteiger partial charge is 0.288 e. The number of benzene rings is 2. The second-order valence-electron chi connectivity index (χ2n) is 6.00. The summed E-state index contributed by atoms with van der Waals surface area (Å²) >= 11 is 1.68. The highest BCUT2D eigenvalue weighted by molar-refractivity contribution is 7.14. The van der Waals surface area contributed by atoms with E-state index in [2.05, 4.69) is 33.5 Å². The number of thiophene rings is 1. The zero-order valence-corrected chi connectivity index (χ0v) is 14.1. The van der Waals surface area contributed by atoms with Gasteiger partial charge in [0.05, 0.1) is 10.7 Å². The molecule has 5 heteroatoms. The van der Waals surface area contributed by atoms with Crippen LogP contribution in [0, 0.1) is 11.3 Å². The van der Waals surface area contributed by atoms with E-state index >= 15 is 0 Å². The van der Waals surface area contributed by atoms with Crippen LogP contribution in [0.5, 0.6) is 0 Å². The van der Waals surface area contributed by atoms with Gasteiger partial charge >= 0.3 is 0 Å². The Morgan fingerprint density at radius 3 is 2.76 bits per heavy atom. The van der Waals surface area contributed by atoms with Crippen LogP contribution >= 0.6 is 11.3 Å². The molecule has 0 saturated heterocycles. The number of carbonyl (C=O) groups is 1. The number of amides is 1. The number of allylic oxidation sites excluding steroid dienone is 1. The van der Waals surface area contributed by atoms with Crippen molar-refractivity contribution in [2.45, 2.75) is 0 Å². The van der Waals surface area contributed by atoms with Gasteiger partial charge in [-0.1, -0.05) is 24.3 Å². The van der Waals surface area contributed by atoms with Crippen LogP contribution in [-0.4, -0.2) is 18.7 Å². The Morgan fingerprint density at radius 2 is 2.00 bits per heavy atom. The molecule has 2 heterocycles. The summed E-state index contributed by atoms with van der Waals surface area (Å²) in [4.78, 5) is 18.3. The van der Waals surface area contributed by atoms with Crippen molar-refractivity contribution in [2.75, 3.05) is 11.9 Å². The summed E-state index contributed by atoms with van der Waals surface area (Å²) < 4.78 is 0. The number of carbonyl (C=O) groups excluding carboxylic acids is 1. The molecule has 0 radical (unpaired) electrons. The van der Waals surface area contributed by atoms with Gasteiger partial charge < -0.3 is 4.90 Å². The summed E-state index contributed by atoms with van der Waals surface area (Å²) in [5, 5.41) is 14.8. The van der Waals surface area contributed by atoms with E-state index in [1.807, 2.05) is 37.4 Å². The molecular formula is C20H11N3OS. The number of anilines is 2. The van der Waals surface area contributed by atoms with Gasteiger partial charge in [-0.25, -0.2) is 4.99 Å². The van der Waals surface area contributed by atoms with Crippen molar-refractivity contribution in [3.63, 3.8) is 0 Å². The van der Waals surface area contributed by atoms with Crippen molar-refractivity contribution in [1.29, 1.82) is 5.26 Å². The largest absolute Gasteiger partial charge is 0.336 e. The molecule has 1 amide bonds. The highest BCUT2D eigenvalue weighted by Gasteiger charge is 2.36. The van der Waals surface area contributed by atoms with Crippen LogP contribution in [0.25, 0.3) is 16.3 Å². The van der Waals surface area contributed by atoms with Crippen LogP contribution in [0.4, 0.5) is 10.7 Å². The van der Waals surface area contributed by atoms with Gasteiger partial charge in [0, 0.05) is 34.6 Å². The van der Waals surface area contributed by atoms with E-state index < -0.39 is 5.91 Å². The van der Waals surface area contributed by atoms with Crippen LogP contribution in [-0.2, 0) is 4.79 Å². The minimum absolute atomic E-state index is 0.145. The molecule has 0 bridgehead atoms. The molecule has 0 fully saturated rings. The SMILES string of the molecule is CN(c1cccs1)c1ccc2c3c(cccc13)C1=C(C#N)C(=O)N=C12. The van der Waals surface area contributed by atoms with Gasteiger partial charge in [0.2, 0.25) is 0 Å². The quantitative estimate of drug-likeness (QED) is 0.699. The lowest BCUT2D eigenvalue weighted by molar-refractivity contribution is -0.113. The standard InChI is InChI=1S/C20H11N3OS/c1-23(16-6-3-9-25-16)15-8-7-13-17-11(15)4-2-5-12(17)18-14(10-21)20(24)22-19(13)18/h2-9H,1H3. The third kappa shape index (κ3) is 1.74. The molecular weight excluding hydrogens is 330 g/mol. The summed E-state index contributed by atoms with van der Waals surface area (Å²) in [6, 6.07) is 16.2. The first-order chi connectivity index (χ1) is 12.2. The van der Waals surface area contributed by atoms with Crippen LogP contribution < -0.4 is 4.90 Å². The van der Waals surface area contributed by atoms with Crippen molar-refractivity contribution < 1.29 is 4.79 Å². The molecule has 1 aliphatic heterocycles. The molecule has 0 saturated carbocycles. The predicted octanol–water partition coefficient (Wildman–Crippen LogP) is 4.29. The van der Waals surface area contributed by atoms with E-state index in [1.54, 1.807) is 11.3 Å². The first-order valence-corrected chi connectivity index (χ1v) is 8.70. The number of nitriles is 1. The van der Waals surface area contributed by atoms with Gasteiger partial charge in [-0.2, -0.15) is 5.26 Å². The minimum Gasteiger partial charge on any atom is -0.336 e. The lowest BCUT2D eigenvalue weighted by Gasteiger charge is -2.20. The van der Waals surface area contributed by atoms with Crippen molar-refractivity contribution in [3.8, 4) is 6.07 Å². The summed E-state index contributed by atoms with van der Waals surface area (Å²) in [6.07, 6.45) is 0. The van der Waals surface area contributed by atoms with E-state index in [1.165, 1.54) is 0 Å². The summed E-state index contributed by atoms with van der Waals surface area (Å²) in [5.74, 6) is -0.435. The first-order valence-electron chi connectivity index (χ1n) is 7.82. The van der Waals surface area contributed by atoms with E-state index in [9.17, 15) is 10.1 Å². The minimum atomic E-state index is -0.435. The van der Waals surface area contributed by atoms with Gasteiger partial charge in [-0.3, -0.25) is 4.79 Å². The van der Waals surface area contributed by atoms with E-state index in [0.29, 0.717) is 11.3 Å². The summed E-state index contributed by atoms with van der Waals surface area (Å²) in [7, 11) is 2.05.